The average Bonchev–Trinajstić information content (AvgIpc) is 2.84. The van der Waals surface area contributed by atoms with E-state index < -0.39 is 5.97 Å². The minimum absolute atomic E-state index is 0.172. The number of nitrogens with one attached hydrogen (secondary N) is 1. The lowest BCUT2D eigenvalue weighted by atomic mass is 10.2. The van der Waals surface area contributed by atoms with Crippen LogP contribution in [0.1, 0.15) is 25.6 Å². The number of hydrogen-bond donors (Lipinski definition) is 1. The largest absolute Gasteiger partial charge is 0.465 e. The number of aryl methyl sites for hydroxylation is 1. The van der Waals surface area contributed by atoms with Crippen molar-refractivity contribution in [1.82, 2.24) is 0 Å². The van der Waals surface area contributed by atoms with Gasteiger partial charge in [0.15, 0.2) is 0 Å². The summed E-state index contributed by atoms with van der Waals surface area (Å²) in [5.74, 6) is -0.599. The number of thiophene rings is 1. The van der Waals surface area contributed by atoms with E-state index in [1.54, 1.807) is 24.3 Å². The molecule has 19 heavy (non-hydrogen) atoms. The van der Waals surface area contributed by atoms with E-state index in [1.807, 2.05) is 18.4 Å². The van der Waals surface area contributed by atoms with Gasteiger partial charge in [-0.1, -0.05) is 6.07 Å². The summed E-state index contributed by atoms with van der Waals surface area (Å²) in [5, 5.41) is 4.64. The molecule has 2 aromatic rings. The van der Waals surface area contributed by atoms with Gasteiger partial charge in [0.25, 0.3) is 5.91 Å². The summed E-state index contributed by atoms with van der Waals surface area (Å²) in [6.07, 6.45) is 0. The fourth-order valence-corrected chi connectivity index (χ4v) is 2.46. The molecule has 1 amide bonds. The molecule has 0 aliphatic heterocycles. The lowest BCUT2D eigenvalue weighted by Crippen LogP contribution is -2.12. The zero-order chi connectivity index (χ0) is 13.8. The Labute approximate surface area is 115 Å². The number of esters is 1. The molecule has 2 rings (SSSR count). The summed E-state index contributed by atoms with van der Waals surface area (Å²) in [6, 6.07) is 8.55. The Bertz CT molecular complexity index is 619. The van der Waals surface area contributed by atoms with Gasteiger partial charge in [-0.25, -0.2) is 4.79 Å². The second kappa shape index (κ2) is 5.67. The highest BCUT2D eigenvalue weighted by Crippen LogP contribution is 2.18. The van der Waals surface area contributed by atoms with Crippen LogP contribution in [-0.4, -0.2) is 19.0 Å². The molecule has 0 aliphatic carbocycles. The highest BCUT2D eigenvalue weighted by atomic mass is 32.1. The zero-order valence-electron chi connectivity index (χ0n) is 10.6. The smallest absolute Gasteiger partial charge is 0.337 e. The number of ether oxygens (including phenoxy) is 1. The Kier molecular flexibility index (Phi) is 3.97. The topological polar surface area (TPSA) is 55.4 Å². The number of benzene rings is 1. The molecule has 0 radical (unpaired) electrons. The highest BCUT2D eigenvalue weighted by Gasteiger charge is 2.12. The van der Waals surface area contributed by atoms with Gasteiger partial charge in [-0.2, -0.15) is 0 Å². The standard InChI is InChI=1S/C14H13NO3S/c1-9-6-7-19-12(9)13(16)15-11-5-3-4-10(8-11)14(17)18-2/h3-8H,1-2H3,(H,15,16). The van der Waals surface area contributed by atoms with Crippen LogP contribution < -0.4 is 5.32 Å². The van der Waals surface area contributed by atoms with E-state index in [1.165, 1.54) is 18.4 Å². The third-order valence-corrected chi connectivity index (χ3v) is 3.63. The van der Waals surface area contributed by atoms with Crippen molar-refractivity contribution in [2.45, 2.75) is 6.92 Å². The molecule has 1 aromatic heterocycles. The second-order valence-corrected chi connectivity index (χ2v) is 4.88. The Balaban J connectivity index is 2.18. The Morgan fingerprint density at radius 3 is 2.68 bits per heavy atom. The van der Waals surface area contributed by atoms with Gasteiger partial charge in [0.05, 0.1) is 17.6 Å². The van der Waals surface area contributed by atoms with Crippen LogP contribution in [0.3, 0.4) is 0 Å². The molecule has 0 spiro atoms. The highest BCUT2D eigenvalue weighted by molar-refractivity contribution is 7.12. The first-order valence-corrected chi connectivity index (χ1v) is 6.53. The van der Waals surface area contributed by atoms with Crippen molar-refractivity contribution in [2.75, 3.05) is 12.4 Å². The summed E-state index contributed by atoms with van der Waals surface area (Å²) in [5.41, 5.74) is 1.91. The van der Waals surface area contributed by atoms with Crippen molar-refractivity contribution in [1.29, 1.82) is 0 Å². The van der Waals surface area contributed by atoms with Gasteiger partial charge in [-0.05, 0) is 42.1 Å². The fraction of sp³-hybridized carbons (Fsp3) is 0.143. The van der Waals surface area contributed by atoms with Gasteiger partial charge < -0.3 is 10.1 Å². The molecule has 0 atom stereocenters. The van der Waals surface area contributed by atoms with E-state index in [2.05, 4.69) is 10.1 Å². The van der Waals surface area contributed by atoms with Crippen molar-refractivity contribution in [3.63, 3.8) is 0 Å². The predicted octanol–water partition coefficient (Wildman–Crippen LogP) is 3.10. The van der Waals surface area contributed by atoms with Crippen molar-refractivity contribution >= 4 is 28.9 Å². The van der Waals surface area contributed by atoms with Crippen LogP contribution in [-0.2, 0) is 4.74 Å². The maximum atomic E-state index is 12.0. The van der Waals surface area contributed by atoms with E-state index in [4.69, 9.17) is 0 Å². The number of methoxy groups -OCH3 is 1. The number of rotatable bonds is 3. The van der Waals surface area contributed by atoms with Gasteiger partial charge in [0.2, 0.25) is 0 Å². The molecule has 1 heterocycles. The quantitative estimate of drug-likeness (QED) is 0.876. The van der Waals surface area contributed by atoms with Gasteiger partial charge >= 0.3 is 5.97 Å². The Morgan fingerprint density at radius 2 is 2.05 bits per heavy atom. The lowest BCUT2D eigenvalue weighted by molar-refractivity contribution is 0.0600. The summed E-state index contributed by atoms with van der Waals surface area (Å²) in [4.78, 5) is 24.1. The number of hydrogen-bond acceptors (Lipinski definition) is 4. The molecule has 5 heteroatoms. The van der Waals surface area contributed by atoms with Crippen molar-refractivity contribution < 1.29 is 14.3 Å². The van der Waals surface area contributed by atoms with Crippen molar-refractivity contribution in [3.8, 4) is 0 Å². The van der Waals surface area contributed by atoms with E-state index in [-0.39, 0.29) is 5.91 Å². The van der Waals surface area contributed by atoms with Gasteiger partial charge in [-0.3, -0.25) is 4.79 Å². The van der Waals surface area contributed by atoms with E-state index >= 15 is 0 Å². The summed E-state index contributed by atoms with van der Waals surface area (Å²) >= 11 is 1.39. The molecule has 0 saturated carbocycles. The molecule has 0 fully saturated rings. The van der Waals surface area contributed by atoms with Crippen LogP contribution in [0.2, 0.25) is 0 Å². The summed E-state index contributed by atoms with van der Waals surface area (Å²) in [7, 11) is 1.32. The number of carbonyl (C=O) groups excluding carboxylic acids is 2. The van der Waals surface area contributed by atoms with E-state index in [0.717, 1.165) is 5.56 Å². The molecule has 1 aromatic carbocycles. The first kappa shape index (κ1) is 13.3. The lowest BCUT2D eigenvalue weighted by Gasteiger charge is -2.06. The number of anilines is 1. The molecular weight excluding hydrogens is 262 g/mol. The number of carbonyl (C=O) groups is 2. The summed E-state index contributed by atoms with van der Waals surface area (Å²) in [6.45, 7) is 1.89. The van der Waals surface area contributed by atoms with Gasteiger partial charge in [0.1, 0.15) is 0 Å². The fourth-order valence-electron chi connectivity index (χ4n) is 1.63. The normalized spacial score (nSPS) is 10.0. The minimum atomic E-state index is -0.427. The molecule has 0 aliphatic rings. The van der Waals surface area contributed by atoms with E-state index in [0.29, 0.717) is 16.1 Å². The molecule has 4 nitrogen and oxygen atoms in total. The van der Waals surface area contributed by atoms with Crippen LogP contribution in [0.5, 0.6) is 0 Å². The third kappa shape index (κ3) is 3.00. The maximum absolute atomic E-state index is 12.0. The Hall–Kier alpha value is -2.14. The van der Waals surface area contributed by atoms with Crippen LogP contribution in [0.25, 0.3) is 0 Å². The monoisotopic (exact) mass is 275 g/mol. The minimum Gasteiger partial charge on any atom is -0.465 e. The molecule has 1 N–H and O–H groups in total. The molecule has 0 unspecified atom stereocenters. The second-order valence-electron chi connectivity index (χ2n) is 3.96. The van der Waals surface area contributed by atoms with Crippen LogP contribution >= 0.6 is 11.3 Å². The SMILES string of the molecule is COC(=O)c1cccc(NC(=O)c2sccc2C)c1. The zero-order valence-corrected chi connectivity index (χ0v) is 11.4. The molecule has 0 bridgehead atoms. The maximum Gasteiger partial charge on any atom is 0.337 e. The van der Waals surface area contributed by atoms with Gasteiger partial charge in [0, 0.05) is 5.69 Å². The predicted molar refractivity (Wildman–Crippen MR) is 74.8 cm³/mol. The van der Waals surface area contributed by atoms with Gasteiger partial charge in [-0.15, -0.1) is 11.3 Å². The third-order valence-electron chi connectivity index (χ3n) is 2.61. The number of amides is 1. The Morgan fingerprint density at radius 1 is 1.26 bits per heavy atom. The average molecular weight is 275 g/mol. The van der Waals surface area contributed by atoms with Crippen LogP contribution in [0, 0.1) is 6.92 Å². The first-order chi connectivity index (χ1) is 9.11. The van der Waals surface area contributed by atoms with Crippen molar-refractivity contribution in [2.24, 2.45) is 0 Å². The summed E-state index contributed by atoms with van der Waals surface area (Å²) < 4.78 is 4.64. The molecule has 98 valence electrons. The molecule has 0 saturated heterocycles. The van der Waals surface area contributed by atoms with E-state index in [9.17, 15) is 9.59 Å². The van der Waals surface area contributed by atoms with Crippen molar-refractivity contribution in [3.05, 3.63) is 51.7 Å². The first-order valence-electron chi connectivity index (χ1n) is 5.65. The molecular formula is C14H13NO3S. The van der Waals surface area contributed by atoms with Crippen LogP contribution in [0.15, 0.2) is 35.7 Å². The van der Waals surface area contributed by atoms with Crippen LogP contribution in [0.4, 0.5) is 5.69 Å².